The number of rotatable bonds is 11. The molecule has 0 spiro atoms. The summed E-state index contributed by atoms with van der Waals surface area (Å²) in [5.74, 6) is -3.68. The predicted molar refractivity (Wildman–Crippen MR) is 100 cm³/mol. The highest BCUT2D eigenvalue weighted by Crippen LogP contribution is 2.00. The fourth-order valence-electron chi connectivity index (χ4n) is 2.13. The molecule has 0 saturated heterocycles. The Balaban J connectivity index is 2.69. The van der Waals surface area contributed by atoms with Crippen LogP contribution in [0.15, 0.2) is 12.5 Å². The molecule has 28 heavy (non-hydrogen) atoms. The van der Waals surface area contributed by atoms with Crippen LogP contribution in [0.3, 0.4) is 0 Å². The number of hydrogen-bond acceptors (Lipinski definition) is 8. The molecule has 13 heteroatoms. The van der Waals surface area contributed by atoms with Crippen molar-refractivity contribution in [1.29, 1.82) is 0 Å². The Kier molecular flexibility index (Phi) is 9.41. The molecule has 0 fully saturated rings. The molecule has 12 nitrogen and oxygen atoms in total. The van der Waals surface area contributed by atoms with Gasteiger partial charge in [-0.1, -0.05) is 0 Å². The Labute approximate surface area is 166 Å². The van der Waals surface area contributed by atoms with Gasteiger partial charge in [0.05, 0.1) is 18.5 Å². The van der Waals surface area contributed by atoms with Crippen molar-refractivity contribution in [2.45, 2.75) is 37.6 Å². The van der Waals surface area contributed by atoms with E-state index in [9.17, 15) is 24.3 Å². The number of carboxylic acid groups (broad SMARTS) is 1. The van der Waals surface area contributed by atoms with Crippen LogP contribution >= 0.6 is 12.6 Å². The summed E-state index contributed by atoms with van der Waals surface area (Å²) in [5, 5.41) is 25.2. The monoisotopic (exact) mass is 416 g/mol. The Morgan fingerprint density at radius 3 is 2.43 bits per heavy atom. The number of aromatic amines is 1. The van der Waals surface area contributed by atoms with Crippen LogP contribution in [0.25, 0.3) is 0 Å². The number of thiol groups is 1. The van der Waals surface area contributed by atoms with Crippen LogP contribution in [-0.2, 0) is 25.6 Å². The van der Waals surface area contributed by atoms with Crippen molar-refractivity contribution in [3.05, 3.63) is 18.2 Å². The Morgan fingerprint density at radius 2 is 1.93 bits per heavy atom. The predicted octanol–water partition coefficient (Wildman–Crippen LogP) is -3.24. The molecule has 1 rings (SSSR count). The molecular formula is C15H24N6O6S. The molecule has 156 valence electrons. The zero-order chi connectivity index (χ0) is 21.3. The number of carbonyl (C=O) groups excluding carboxylic acids is 3. The maximum Gasteiger partial charge on any atom is 0.322 e. The van der Waals surface area contributed by atoms with Gasteiger partial charge in [0.15, 0.2) is 0 Å². The zero-order valence-electron chi connectivity index (χ0n) is 15.1. The fraction of sp³-hybridized carbons (Fsp3) is 0.533. The molecule has 0 aliphatic heterocycles. The summed E-state index contributed by atoms with van der Waals surface area (Å²) in [4.78, 5) is 53.6. The summed E-state index contributed by atoms with van der Waals surface area (Å²) in [6, 6.07) is -3.55. The number of aliphatic hydroxyl groups excluding tert-OH is 1. The standard InChI is InChI=1S/C15H24N6O6S/c1-7(22)12(21-13(25)9(16)2-8-3-17-6-19-8)15(27)20-10(5-28)14(26)18-4-11(23)24/h3,6-7,9-10,12,22,28H,2,4-5,16H2,1H3,(H,17,19)(H,18,26)(H,20,27)(H,21,25)(H,23,24). The minimum absolute atomic E-state index is 0.128. The van der Waals surface area contributed by atoms with Gasteiger partial charge < -0.3 is 36.9 Å². The quantitative estimate of drug-likeness (QED) is 0.172. The lowest BCUT2D eigenvalue weighted by atomic mass is 10.1. The number of nitrogens with two attached hydrogens (primary N) is 1. The second kappa shape index (κ2) is 11.3. The normalized spacial score (nSPS) is 15.0. The van der Waals surface area contributed by atoms with Crippen molar-refractivity contribution >= 4 is 36.3 Å². The van der Waals surface area contributed by atoms with Gasteiger partial charge in [0.1, 0.15) is 18.6 Å². The van der Waals surface area contributed by atoms with Crippen LogP contribution in [0.1, 0.15) is 12.6 Å². The summed E-state index contributed by atoms with van der Waals surface area (Å²) >= 11 is 3.94. The minimum atomic E-state index is -1.38. The van der Waals surface area contributed by atoms with E-state index in [0.29, 0.717) is 5.69 Å². The molecule has 1 aromatic heterocycles. The third kappa shape index (κ3) is 7.54. The molecule has 4 atom stereocenters. The lowest BCUT2D eigenvalue weighted by Crippen LogP contribution is -2.59. The highest BCUT2D eigenvalue weighted by Gasteiger charge is 2.30. The van der Waals surface area contributed by atoms with Crippen LogP contribution in [0, 0.1) is 0 Å². The fourth-order valence-corrected chi connectivity index (χ4v) is 2.39. The average Bonchev–Trinajstić information content (AvgIpc) is 3.14. The average molecular weight is 416 g/mol. The SMILES string of the molecule is CC(O)C(NC(=O)C(N)Cc1cnc[nH]1)C(=O)NC(CS)C(=O)NCC(=O)O. The number of H-pyrrole nitrogens is 1. The van der Waals surface area contributed by atoms with Gasteiger partial charge in [0, 0.05) is 24.1 Å². The minimum Gasteiger partial charge on any atom is -0.480 e. The van der Waals surface area contributed by atoms with E-state index < -0.39 is 54.5 Å². The van der Waals surface area contributed by atoms with Gasteiger partial charge in [-0.3, -0.25) is 19.2 Å². The smallest absolute Gasteiger partial charge is 0.322 e. The first-order valence-corrected chi connectivity index (χ1v) is 8.91. The van der Waals surface area contributed by atoms with Crippen molar-refractivity contribution in [3.8, 4) is 0 Å². The number of hydrogen-bond donors (Lipinski definition) is 8. The first kappa shape index (κ1) is 23.4. The van der Waals surface area contributed by atoms with E-state index in [4.69, 9.17) is 10.8 Å². The molecule has 0 aliphatic carbocycles. The second-order valence-corrected chi connectivity index (χ2v) is 6.33. The number of aromatic nitrogens is 2. The lowest BCUT2D eigenvalue weighted by molar-refractivity contribution is -0.138. The van der Waals surface area contributed by atoms with Gasteiger partial charge in [0.25, 0.3) is 0 Å². The number of aliphatic carboxylic acids is 1. The van der Waals surface area contributed by atoms with Gasteiger partial charge in [0.2, 0.25) is 17.7 Å². The molecule has 1 aromatic rings. The molecule has 0 aliphatic rings. The first-order valence-electron chi connectivity index (χ1n) is 8.27. The van der Waals surface area contributed by atoms with Crippen molar-refractivity contribution in [2.75, 3.05) is 12.3 Å². The summed E-state index contributed by atoms with van der Waals surface area (Å²) in [6.45, 7) is 0.656. The summed E-state index contributed by atoms with van der Waals surface area (Å²) in [6.07, 6.45) is 1.78. The van der Waals surface area contributed by atoms with Gasteiger partial charge in [-0.05, 0) is 6.92 Å². The van der Waals surface area contributed by atoms with E-state index in [2.05, 4.69) is 38.5 Å². The first-order chi connectivity index (χ1) is 13.1. The van der Waals surface area contributed by atoms with Crippen LogP contribution in [0.4, 0.5) is 0 Å². The molecule has 0 saturated carbocycles. The van der Waals surface area contributed by atoms with Crippen molar-refractivity contribution < 1.29 is 29.4 Å². The lowest BCUT2D eigenvalue weighted by Gasteiger charge is -2.25. The number of aliphatic hydroxyl groups is 1. The highest BCUT2D eigenvalue weighted by molar-refractivity contribution is 7.80. The number of nitrogens with one attached hydrogen (secondary N) is 4. The molecule has 3 amide bonds. The number of imidazole rings is 1. The van der Waals surface area contributed by atoms with Gasteiger partial charge in [-0.15, -0.1) is 0 Å². The number of carboxylic acids is 1. The third-order valence-corrected chi connectivity index (χ3v) is 3.99. The van der Waals surface area contributed by atoms with Crippen molar-refractivity contribution in [2.24, 2.45) is 5.73 Å². The van der Waals surface area contributed by atoms with Gasteiger partial charge >= 0.3 is 5.97 Å². The number of nitrogens with zero attached hydrogens (tertiary/aromatic N) is 1. The summed E-state index contributed by atoms with van der Waals surface area (Å²) in [5.41, 5.74) is 6.41. The molecule has 0 radical (unpaired) electrons. The van der Waals surface area contributed by atoms with Crippen LogP contribution < -0.4 is 21.7 Å². The molecular weight excluding hydrogens is 392 g/mol. The summed E-state index contributed by atoms with van der Waals surface area (Å²) < 4.78 is 0. The molecule has 1 heterocycles. The number of carbonyl (C=O) groups is 4. The van der Waals surface area contributed by atoms with Crippen molar-refractivity contribution in [3.63, 3.8) is 0 Å². The van der Waals surface area contributed by atoms with E-state index >= 15 is 0 Å². The van der Waals surface area contributed by atoms with Crippen molar-refractivity contribution in [1.82, 2.24) is 25.9 Å². The highest BCUT2D eigenvalue weighted by atomic mass is 32.1. The largest absolute Gasteiger partial charge is 0.480 e. The molecule has 0 aromatic carbocycles. The van der Waals surface area contributed by atoms with E-state index in [1.165, 1.54) is 19.4 Å². The zero-order valence-corrected chi connectivity index (χ0v) is 16.0. The molecule has 0 bridgehead atoms. The Hall–Kier alpha value is -2.64. The van der Waals surface area contributed by atoms with E-state index in [1.807, 2.05) is 0 Å². The number of amides is 3. The third-order valence-electron chi connectivity index (χ3n) is 3.62. The molecule has 4 unspecified atom stereocenters. The van der Waals surface area contributed by atoms with Crippen LogP contribution in [0.2, 0.25) is 0 Å². The van der Waals surface area contributed by atoms with E-state index in [-0.39, 0.29) is 12.2 Å². The van der Waals surface area contributed by atoms with Crippen LogP contribution in [-0.4, -0.2) is 80.4 Å². The maximum absolute atomic E-state index is 12.4. The maximum atomic E-state index is 12.4. The second-order valence-electron chi connectivity index (χ2n) is 5.97. The Bertz CT molecular complexity index is 683. The topological polar surface area (TPSA) is 200 Å². The Morgan fingerprint density at radius 1 is 1.25 bits per heavy atom. The van der Waals surface area contributed by atoms with Crippen LogP contribution in [0.5, 0.6) is 0 Å². The van der Waals surface area contributed by atoms with Gasteiger partial charge in [-0.2, -0.15) is 12.6 Å². The summed E-state index contributed by atoms with van der Waals surface area (Å²) in [7, 11) is 0. The molecule has 8 N–H and O–H groups in total. The van der Waals surface area contributed by atoms with E-state index in [1.54, 1.807) is 0 Å². The van der Waals surface area contributed by atoms with Gasteiger partial charge in [-0.25, -0.2) is 4.98 Å². The van der Waals surface area contributed by atoms with E-state index in [0.717, 1.165) is 0 Å².